The summed E-state index contributed by atoms with van der Waals surface area (Å²) in [7, 11) is -1.73. The van der Waals surface area contributed by atoms with E-state index in [0.29, 0.717) is 12.5 Å². The molecule has 10 heteroatoms. The van der Waals surface area contributed by atoms with E-state index in [4.69, 9.17) is 0 Å². The van der Waals surface area contributed by atoms with E-state index >= 15 is 0 Å². The van der Waals surface area contributed by atoms with Gasteiger partial charge in [0.05, 0.1) is 5.75 Å². The number of thioether (sulfide) groups is 1. The maximum atomic E-state index is 12.9. The molecule has 0 aliphatic carbocycles. The Morgan fingerprint density at radius 3 is 2.37 bits per heavy atom. The van der Waals surface area contributed by atoms with Gasteiger partial charge in [-0.2, -0.15) is 0 Å². The molecule has 0 aliphatic rings. The summed E-state index contributed by atoms with van der Waals surface area (Å²) in [6, 6.07) is 15.8. The number of benzene rings is 2. The van der Waals surface area contributed by atoms with Crippen molar-refractivity contribution in [2.45, 2.75) is 17.9 Å². The van der Waals surface area contributed by atoms with Crippen LogP contribution in [-0.4, -0.2) is 46.0 Å². The van der Waals surface area contributed by atoms with Gasteiger partial charge in [0.25, 0.3) is 0 Å². The summed E-state index contributed by atoms with van der Waals surface area (Å²) in [6.07, 6.45) is 0.889. The molecule has 0 aliphatic heterocycles. The average molecular weight is 567 g/mol. The van der Waals surface area contributed by atoms with Crippen molar-refractivity contribution in [2.24, 2.45) is 4.99 Å². The zero-order valence-electron chi connectivity index (χ0n) is 16.8. The van der Waals surface area contributed by atoms with E-state index in [-0.39, 0.29) is 48.6 Å². The summed E-state index contributed by atoms with van der Waals surface area (Å²) in [6.45, 7) is 1.24. The summed E-state index contributed by atoms with van der Waals surface area (Å²) in [5, 5.41) is 6.17. The Labute approximate surface area is 199 Å². The number of aliphatic imine (C=N–C) groups is 1. The van der Waals surface area contributed by atoms with Gasteiger partial charge in [-0.25, -0.2) is 17.5 Å². The third-order valence-corrected chi connectivity index (χ3v) is 6.35. The molecule has 0 saturated heterocycles. The highest BCUT2D eigenvalue weighted by atomic mass is 127. The summed E-state index contributed by atoms with van der Waals surface area (Å²) < 4.78 is 39.6. The van der Waals surface area contributed by atoms with Crippen LogP contribution < -0.4 is 15.4 Å². The minimum Gasteiger partial charge on any atom is -0.356 e. The highest BCUT2D eigenvalue weighted by Crippen LogP contribution is 2.18. The first-order chi connectivity index (χ1) is 14.0. The molecule has 0 spiro atoms. The van der Waals surface area contributed by atoms with Crippen LogP contribution in [0.4, 0.5) is 4.39 Å². The lowest BCUT2D eigenvalue weighted by atomic mass is 10.2. The van der Waals surface area contributed by atoms with Crippen molar-refractivity contribution >= 4 is 51.7 Å². The number of hydrogen-bond donors (Lipinski definition) is 3. The Morgan fingerprint density at radius 1 is 1.03 bits per heavy atom. The molecule has 0 amide bonds. The molecule has 0 fully saturated rings. The molecule has 30 heavy (non-hydrogen) atoms. The van der Waals surface area contributed by atoms with E-state index in [1.165, 1.54) is 12.1 Å². The van der Waals surface area contributed by atoms with Crippen molar-refractivity contribution in [1.82, 2.24) is 15.4 Å². The van der Waals surface area contributed by atoms with Crippen LogP contribution in [0.2, 0.25) is 0 Å². The Balaban J connectivity index is 0.00000450. The van der Waals surface area contributed by atoms with Gasteiger partial charge in [-0.3, -0.25) is 4.99 Å². The lowest BCUT2D eigenvalue weighted by Crippen LogP contribution is -2.41. The Hall–Kier alpha value is -1.37. The molecule has 0 saturated carbocycles. The monoisotopic (exact) mass is 566 g/mol. The fraction of sp³-hybridized carbons (Fsp3) is 0.350. The molecule has 0 radical (unpaired) electrons. The maximum absolute atomic E-state index is 12.9. The Kier molecular flexibility index (Phi) is 13.0. The lowest BCUT2D eigenvalue weighted by molar-refractivity contribution is 0.580. The van der Waals surface area contributed by atoms with E-state index < -0.39 is 10.0 Å². The average Bonchev–Trinajstić information content (AvgIpc) is 2.73. The van der Waals surface area contributed by atoms with Gasteiger partial charge in [0, 0.05) is 31.6 Å². The van der Waals surface area contributed by atoms with Crippen LogP contribution in [0.15, 0.2) is 64.5 Å². The number of rotatable bonds is 11. The van der Waals surface area contributed by atoms with Crippen LogP contribution in [0.5, 0.6) is 0 Å². The molecule has 0 unspecified atom stereocenters. The van der Waals surface area contributed by atoms with E-state index in [2.05, 4.69) is 20.3 Å². The summed E-state index contributed by atoms with van der Waals surface area (Å²) in [5.41, 5.74) is 0.917. The second-order valence-corrected chi connectivity index (χ2v) is 9.30. The van der Waals surface area contributed by atoms with Crippen molar-refractivity contribution in [2.75, 3.05) is 31.6 Å². The van der Waals surface area contributed by atoms with Gasteiger partial charge in [0.15, 0.2) is 5.96 Å². The Bertz CT molecular complexity index is 866. The molecule has 166 valence electrons. The third-order valence-electron chi connectivity index (χ3n) is 3.92. The largest absolute Gasteiger partial charge is 0.356 e. The first kappa shape index (κ1) is 26.7. The van der Waals surface area contributed by atoms with Crippen molar-refractivity contribution in [3.8, 4) is 0 Å². The number of nitrogens with zero attached hydrogens (tertiary/aromatic N) is 1. The minimum atomic E-state index is -3.37. The van der Waals surface area contributed by atoms with Gasteiger partial charge < -0.3 is 10.6 Å². The molecule has 2 rings (SSSR count). The number of nitrogens with one attached hydrogen (secondary N) is 3. The fourth-order valence-corrected chi connectivity index (χ4v) is 4.14. The van der Waals surface area contributed by atoms with Crippen LogP contribution in [0.1, 0.15) is 12.0 Å². The normalized spacial score (nSPS) is 11.6. The second-order valence-electron chi connectivity index (χ2n) is 6.21. The zero-order chi connectivity index (χ0) is 21.0. The van der Waals surface area contributed by atoms with Crippen molar-refractivity contribution in [3.05, 3.63) is 66.0 Å². The maximum Gasteiger partial charge on any atom is 0.213 e. The van der Waals surface area contributed by atoms with E-state index in [9.17, 15) is 12.8 Å². The summed E-state index contributed by atoms with van der Waals surface area (Å²) >= 11 is 1.66. The highest BCUT2D eigenvalue weighted by Gasteiger charge is 2.10. The summed E-state index contributed by atoms with van der Waals surface area (Å²) in [4.78, 5) is 5.13. The van der Waals surface area contributed by atoms with Crippen LogP contribution in [0.3, 0.4) is 0 Å². The van der Waals surface area contributed by atoms with Gasteiger partial charge in [-0.05, 0) is 42.0 Å². The molecule has 6 nitrogen and oxygen atoms in total. The second kappa shape index (κ2) is 14.6. The van der Waals surface area contributed by atoms with Crippen molar-refractivity contribution in [1.29, 1.82) is 0 Å². The van der Waals surface area contributed by atoms with E-state index in [1.54, 1.807) is 30.9 Å². The quantitative estimate of drug-likeness (QED) is 0.128. The van der Waals surface area contributed by atoms with Gasteiger partial charge in [-0.15, -0.1) is 35.7 Å². The van der Waals surface area contributed by atoms with Gasteiger partial charge in [0.1, 0.15) is 5.82 Å². The fourth-order valence-electron chi connectivity index (χ4n) is 2.39. The van der Waals surface area contributed by atoms with Gasteiger partial charge >= 0.3 is 0 Å². The highest BCUT2D eigenvalue weighted by molar-refractivity contribution is 14.0. The lowest BCUT2D eigenvalue weighted by Gasteiger charge is -2.12. The SMILES string of the molecule is CN=C(NCCCSc1ccc(F)cc1)NCCS(=O)(=O)NCc1ccccc1.I. The number of sulfonamides is 1. The van der Waals surface area contributed by atoms with Crippen molar-refractivity contribution < 1.29 is 12.8 Å². The van der Waals surface area contributed by atoms with Gasteiger partial charge in [0.2, 0.25) is 10.0 Å². The van der Waals surface area contributed by atoms with Crippen LogP contribution in [-0.2, 0) is 16.6 Å². The standard InChI is InChI=1S/C20H27FN4O2S2.HI/c1-22-20(23-12-5-14-28-19-10-8-18(21)9-11-19)24-13-15-29(26,27)25-16-17-6-3-2-4-7-17;/h2-4,6-11,25H,5,12-16H2,1H3,(H2,22,23,24);1H. The third kappa shape index (κ3) is 11.1. The summed E-state index contributed by atoms with van der Waals surface area (Å²) in [5.74, 6) is 1.17. The smallest absolute Gasteiger partial charge is 0.213 e. The molecular formula is C20H28FIN4O2S2. The van der Waals surface area contributed by atoms with Crippen LogP contribution in [0, 0.1) is 5.82 Å². The number of halogens is 2. The topological polar surface area (TPSA) is 82.6 Å². The predicted octanol–water partition coefficient (Wildman–Crippen LogP) is 3.21. The molecule has 0 aromatic heterocycles. The Morgan fingerprint density at radius 2 is 1.70 bits per heavy atom. The molecular weight excluding hydrogens is 538 g/mol. The molecule has 0 bridgehead atoms. The van der Waals surface area contributed by atoms with E-state index in [0.717, 1.165) is 22.6 Å². The molecule has 3 N–H and O–H groups in total. The first-order valence-electron chi connectivity index (χ1n) is 9.32. The zero-order valence-corrected chi connectivity index (χ0v) is 20.8. The van der Waals surface area contributed by atoms with E-state index in [1.807, 2.05) is 30.3 Å². The molecule has 2 aromatic carbocycles. The van der Waals surface area contributed by atoms with Crippen molar-refractivity contribution in [3.63, 3.8) is 0 Å². The predicted molar refractivity (Wildman–Crippen MR) is 134 cm³/mol. The molecule has 0 heterocycles. The van der Waals surface area contributed by atoms with Gasteiger partial charge in [-0.1, -0.05) is 30.3 Å². The molecule has 2 aromatic rings. The number of guanidine groups is 1. The molecule has 0 atom stereocenters. The number of hydrogen-bond acceptors (Lipinski definition) is 4. The van der Waals surface area contributed by atoms with Crippen LogP contribution in [0.25, 0.3) is 0 Å². The van der Waals surface area contributed by atoms with Crippen LogP contribution >= 0.6 is 35.7 Å². The first-order valence-corrected chi connectivity index (χ1v) is 12.0. The minimum absolute atomic E-state index is 0.